The smallest absolute Gasteiger partial charge is 0.241 e. The molecule has 0 aliphatic carbocycles. The minimum absolute atomic E-state index is 0.00729. The molecule has 2 rings (SSSR count). The number of amides is 1. The Balaban J connectivity index is 2.30. The van der Waals surface area contributed by atoms with Crippen LogP contribution >= 0.6 is 11.6 Å². The van der Waals surface area contributed by atoms with Crippen molar-refractivity contribution in [3.8, 4) is 5.95 Å². The van der Waals surface area contributed by atoms with Crippen molar-refractivity contribution in [2.24, 2.45) is 5.73 Å². The first-order chi connectivity index (χ1) is 8.56. The average Bonchev–Trinajstić information content (AvgIpc) is 2.81. The Kier molecular flexibility index (Phi) is 3.38. The third kappa shape index (κ3) is 2.72. The van der Waals surface area contributed by atoms with Gasteiger partial charge in [-0.3, -0.25) is 9.36 Å². The third-order valence-electron chi connectivity index (χ3n) is 2.10. The molecule has 18 heavy (non-hydrogen) atoms. The SMILES string of the molecule is CC(Nc1nc(Cl)nc(-n2ccnc2)n1)C(N)=O. The molecule has 2 aromatic heterocycles. The number of nitrogens with zero attached hydrogens (tertiary/aromatic N) is 5. The summed E-state index contributed by atoms with van der Waals surface area (Å²) in [6, 6.07) is -0.612. The van der Waals surface area contributed by atoms with Crippen LogP contribution in [0.4, 0.5) is 5.95 Å². The zero-order chi connectivity index (χ0) is 13.1. The maximum atomic E-state index is 10.9. The van der Waals surface area contributed by atoms with Crippen LogP contribution in [0.2, 0.25) is 5.28 Å². The van der Waals surface area contributed by atoms with Gasteiger partial charge in [-0.1, -0.05) is 0 Å². The van der Waals surface area contributed by atoms with E-state index in [2.05, 4.69) is 25.3 Å². The van der Waals surface area contributed by atoms with Gasteiger partial charge in [0.1, 0.15) is 12.4 Å². The van der Waals surface area contributed by atoms with E-state index in [0.29, 0.717) is 5.95 Å². The molecule has 1 unspecified atom stereocenters. The number of nitrogens with one attached hydrogen (secondary N) is 1. The second-order valence-corrected chi connectivity index (χ2v) is 3.80. The van der Waals surface area contributed by atoms with Crippen molar-refractivity contribution in [3.05, 3.63) is 24.0 Å². The predicted molar refractivity (Wildman–Crippen MR) is 64.2 cm³/mol. The topological polar surface area (TPSA) is 112 Å². The van der Waals surface area contributed by atoms with E-state index in [4.69, 9.17) is 17.3 Å². The maximum absolute atomic E-state index is 10.9. The van der Waals surface area contributed by atoms with Crippen molar-refractivity contribution in [3.63, 3.8) is 0 Å². The Bertz CT molecular complexity index is 556. The highest BCUT2D eigenvalue weighted by atomic mass is 35.5. The summed E-state index contributed by atoms with van der Waals surface area (Å²) >= 11 is 5.78. The molecule has 0 spiro atoms. The lowest BCUT2D eigenvalue weighted by Crippen LogP contribution is -2.33. The first-order valence-electron chi connectivity index (χ1n) is 5.02. The van der Waals surface area contributed by atoms with E-state index in [-0.39, 0.29) is 11.2 Å². The van der Waals surface area contributed by atoms with Crippen molar-refractivity contribution < 1.29 is 4.79 Å². The van der Waals surface area contributed by atoms with E-state index in [1.165, 1.54) is 6.33 Å². The van der Waals surface area contributed by atoms with Gasteiger partial charge in [-0.25, -0.2) is 4.98 Å². The molecular weight excluding hydrogens is 258 g/mol. The molecule has 0 aliphatic heterocycles. The number of halogens is 1. The monoisotopic (exact) mass is 267 g/mol. The minimum atomic E-state index is -0.612. The number of primary amides is 1. The van der Waals surface area contributed by atoms with Crippen molar-refractivity contribution in [1.29, 1.82) is 0 Å². The number of anilines is 1. The van der Waals surface area contributed by atoms with Crippen LogP contribution in [-0.4, -0.2) is 36.5 Å². The van der Waals surface area contributed by atoms with Crippen molar-refractivity contribution in [1.82, 2.24) is 24.5 Å². The highest BCUT2D eigenvalue weighted by Crippen LogP contribution is 2.10. The summed E-state index contributed by atoms with van der Waals surface area (Å²) < 4.78 is 1.56. The van der Waals surface area contributed by atoms with Gasteiger partial charge in [-0.05, 0) is 18.5 Å². The van der Waals surface area contributed by atoms with Crippen LogP contribution in [0.5, 0.6) is 0 Å². The second-order valence-electron chi connectivity index (χ2n) is 3.47. The molecule has 0 saturated carbocycles. The number of imidazole rings is 1. The molecule has 0 aliphatic rings. The summed E-state index contributed by atoms with van der Waals surface area (Å²) in [5, 5.41) is 2.74. The van der Waals surface area contributed by atoms with Crippen molar-refractivity contribution >= 4 is 23.5 Å². The van der Waals surface area contributed by atoms with E-state index < -0.39 is 11.9 Å². The van der Waals surface area contributed by atoms with E-state index in [9.17, 15) is 4.79 Å². The first kappa shape index (κ1) is 12.2. The van der Waals surface area contributed by atoms with Gasteiger partial charge >= 0.3 is 0 Å². The Labute approximate surface area is 107 Å². The van der Waals surface area contributed by atoms with Crippen LogP contribution in [0, 0.1) is 0 Å². The van der Waals surface area contributed by atoms with Gasteiger partial charge in [-0.15, -0.1) is 0 Å². The second kappa shape index (κ2) is 4.96. The van der Waals surface area contributed by atoms with E-state index in [1.807, 2.05) is 0 Å². The maximum Gasteiger partial charge on any atom is 0.241 e. The van der Waals surface area contributed by atoms with Crippen LogP contribution < -0.4 is 11.1 Å². The molecule has 94 valence electrons. The highest BCUT2D eigenvalue weighted by Gasteiger charge is 2.12. The fourth-order valence-electron chi connectivity index (χ4n) is 1.16. The lowest BCUT2D eigenvalue weighted by atomic mass is 10.3. The summed E-state index contributed by atoms with van der Waals surface area (Å²) in [7, 11) is 0. The van der Waals surface area contributed by atoms with Crippen molar-refractivity contribution in [2.45, 2.75) is 13.0 Å². The van der Waals surface area contributed by atoms with Crippen LogP contribution in [0.25, 0.3) is 5.95 Å². The lowest BCUT2D eigenvalue weighted by Gasteiger charge is -2.10. The standard InChI is InChI=1S/C9H10ClN7O/c1-5(6(11)18)13-8-14-7(10)15-9(16-8)17-3-2-12-4-17/h2-5H,1H3,(H2,11,18)(H,13,14,15,16). The molecule has 0 fully saturated rings. The molecule has 2 aromatic rings. The van der Waals surface area contributed by atoms with Gasteiger partial charge < -0.3 is 11.1 Å². The normalized spacial score (nSPS) is 12.1. The zero-order valence-corrected chi connectivity index (χ0v) is 10.2. The Hall–Kier alpha value is -2.22. The van der Waals surface area contributed by atoms with Gasteiger partial charge in [0.15, 0.2) is 0 Å². The number of hydrogen-bond donors (Lipinski definition) is 2. The number of carbonyl (C=O) groups excluding carboxylic acids is 1. The number of aromatic nitrogens is 5. The molecular formula is C9H10ClN7O. The molecule has 3 N–H and O–H groups in total. The fraction of sp³-hybridized carbons (Fsp3) is 0.222. The Morgan fingerprint density at radius 3 is 2.89 bits per heavy atom. The van der Waals surface area contributed by atoms with Crippen LogP contribution in [0.3, 0.4) is 0 Å². The average molecular weight is 268 g/mol. The molecule has 2 heterocycles. The van der Waals surface area contributed by atoms with E-state index in [1.54, 1.807) is 23.9 Å². The predicted octanol–water partition coefficient (Wildman–Crippen LogP) is -0.00360. The fourth-order valence-corrected chi connectivity index (χ4v) is 1.32. The lowest BCUT2D eigenvalue weighted by molar-refractivity contribution is -0.118. The molecule has 8 nitrogen and oxygen atoms in total. The van der Waals surface area contributed by atoms with Crippen LogP contribution in [0.15, 0.2) is 18.7 Å². The summed E-state index contributed by atoms with van der Waals surface area (Å²) in [5.74, 6) is -0.0487. The summed E-state index contributed by atoms with van der Waals surface area (Å²) in [4.78, 5) is 26.7. The van der Waals surface area contributed by atoms with Crippen LogP contribution in [-0.2, 0) is 4.79 Å². The molecule has 9 heteroatoms. The quantitative estimate of drug-likeness (QED) is 0.806. The zero-order valence-electron chi connectivity index (χ0n) is 9.41. The minimum Gasteiger partial charge on any atom is -0.368 e. The molecule has 1 amide bonds. The number of hydrogen-bond acceptors (Lipinski definition) is 6. The van der Waals surface area contributed by atoms with E-state index >= 15 is 0 Å². The number of carbonyl (C=O) groups is 1. The van der Waals surface area contributed by atoms with Gasteiger partial charge in [0.05, 0.1) is 0 Å². The third-order valence-corrected chi connectivity index (χ3v) is 2.27. The number of nitrogens with two attached hydrogens (primary N) is 1. The molecule has 0 aromatic carbocycles. The van der Waals surface area contributed by atoms with Crippen LogP contribution in [0.1, 0.15) is 6.92 Å². The highest BCUT2D eigenvalue weighted by molar-refractivity contribution is 6.28. The van der Waals surface area contributed by atoms with Gasteiger partial charge in [0.25, 0.3) is 0 Å². The van der Waals surface area contributed by atoms with Gasteiger partial charge in [-0.2, -0.15) is 15.0 Å². The Morgan fingerprint density at radius 1 is 1.50 bits per heavy atom. The molecule has 0 radical (unpaired) electrons. The first-order valence-corrected chi connectivity index (χ1v) is 5.40. The van der Waals surface area contributed by atoms with Gasteiger partial charge in [0, 0.05) is 12.4 Å². The summed E-state index contributed by atoms with van der Waals surface area (Å²) in [6.45, 7) is 1.59. The molecule has 1 atom stereocenters. The molecule has 0 bridgehead atoms. The number of rotatable bonds is 4. The largest absolute Gasteiger partial charge is 0.368 e. The molecule has 0 saturated heterocycles. The summed E-state index contributed by atoms with van der Waals surface area (Å²) in [6.07, 6.45) is 4.76. The van der Waals surface area contributed by atoms with Crippen molar-refractivity contribution in [2.75, 3.05) is 5.32 Å². The Morgan fingerprint density at radius 2 is 2.28 bits per heavy atom. The summed E-state index contributed by atoms with van der Waals surface area (Å²) in [5.41, 5.74) is 5.13. The van der Waals surface area contributed by atoms with Gasteiger partial charge in [0.2, 0.25) is 23.1 Å². The van der Waals surface area contributed by atoms with E-state index in [0.717, 1.165) is 0 Å².